The van der Waals surface area contributed by atoms with Crippen molar-refractivity contribution in [3.63, 3.8) is 0 Å². The van der Waals surface area contributed by atoms with Gasteiger partial charge in [-0.25, -0.2) is 0 Å². The predicted molar refractivity (Wildman–Crippen MR) is 77.5 cm³/mol. The number of carbonyl (C=O) groups is 1. The fourth-order valence-electron chi connectivity index (χ4n) is 2.73. The number of carbonyl (C=O) groups excluding carboxylic acids is 1. The molecule has 0 aromatic carbocycles. The average molecular weight is 288 g/mol. The van der Waals surface area contributed by atoms with Gasteiger partial charge in [-0.2, -0.15) is 5.26 Å². The Balaban J connectivity index is 2.19. The average Bonchev–Trinajstić information content (AvgIpc) is 2.94. The van der Waals surface area contributed by atoms with E-state index in [4.69, 9.17) is 10.00 Å². The van der Waals surface area contributed by atoms with Crippen molar-refractivity contribution in [3.8, 4) is 6.07 Å². The lowest BCUT2D eigenvalue weighted by Gasteiger charge is -2.30. The summed E-state index contributed by atoms with van der Waals surface area (Å²) in [4.78, 5) is 14.4. The molecule has 0 amide bonds. The highest BCUT2D eigenvalue weighted by atomic mass is 16.5. The van der Waals surface area contributed by atoms with Crippen LogP contribution in [0.2, 0.25) is 0 Å². The quantitative estimate of drug-likeness (QED) is 0.786. The summed E-state index contributed by atoms with van der Waals surface area (Å²) >= 11 is 0. The highest BCUT2D eigenvalue weighted by Gasteiger charge is 2.48. The van der Waals surface area contributed by atoms with Crippen LogP contribution in [-0.4, -0.2) is 35.9 Å². The fraction of sp³-hybridized carbons (Fsp3) is 0.600. The first kappa shape index (κ1) is 15.2. The van der Waals surface area contributed by atoms with E-state index in [1.165, 1.54) is 0 Å². The molecule has 6 nitrogen and oxygen atoms in total. The maximum absolute atomic E-state index is 12.4. The van der Waals surface area contributed by atoms with Crippen LogP contribution >= 0.6 is 0 Å². The van der Waals surface area contributed by atoms with Crippen molar-refractivity contribution >= 4 is 11.8 Å². The van der Waals surface area contributed by atoms with Crippen LogP contribution in [0.5, 0.6) is 0 Å². The standard InChI is InChI=1S/C15H20N4O2/c1-4-21-14(20)15(11(2)3)7-8-19(10-15)13-6-5-12(9-16)17-18-13/h5-6,11H,4,7-8,10H2,1-3H3. The van der Waals surface area contributed by atoms with Crippen LogP contribution in [0.15, 0.2) is 12.1 Å². The second-order valence-electron chi connectivity index (χ2n) is 5.59. The monoisotopic (exact) mass is 288 g/mol. The zero-order valence-electron chi connectivity index (χ0n) is 12.7. The molecule has 0 N–H and O–H groups in total. The van der Waals surface area contributed by atoms with Crippen LogP contribution in [0.3, 0.4) is 0 Å². The first-order valence-electron chi connectivity index (χ1n) is 7.19. The highest BCUT2D eigenvalue weighted by molar-refractivity contribution is 5.79. The molecule has 0 saturated carbocycles. The molecular formula is C15H20N4O2. The Kier molecular flexibility index (Phi) is 4.41. The van der Waals surface area contributed by atoms with Gasteiger partial charge in [-0.05, 0) is 31.4 Å². The summed E-state index contributed by atoms with van der Waals surface area (Å²) in [7, 11) is 0. The third-order valence-corrected chi connectivity index (χ3v) is 4.18. The smallest absolute Gasteiger partial charge is 0.314 e. The molecule has 2 heterocycles. The summed E-state index contributed by atoms with van der Waals surface area (Å²) in [5.41, 5.74) is -0.204. The Morgan fingerprint density at radius 2 is 2.29 bits per heavy atom. The Hall–Kier alpha value is -2.16. The van der Waals surface area contributed by atoms with Gasteiger partial charge >= 0.3 is 5.97 Å². The molecule has 2 rings (SSSR count). The van der Waals surface area contributed by atoms with Gasteiger partial charge in [0.05, 0.1) is 12.0 Å². The first-order valence-corrected chi connectivity index (χ1v) is 7.19. The Labute approximate surface area is 124 Å². The molecule has 0 bridgehead atoms. The largest absolute Gasteiger partial charge is 0.466 e. The van der Waals surface area contributed by atoms with E-state index < -0.39 is 5.41 Å². The zero-order chi connectivity index (χ0) is 15.5. The molecule has 0 aliphatic carbocycles. The number of nitriles is 1. The minimum Gasteiger partial charge on any atom is -0.466 e. The van der Waals surface area contributed by atoms with Crippen molar-refractivity contribution < 1.29 is 9.53 Å². The number of rotatable bonds is 4. The molecule has 0 spiro atoms. The minimum absolute atomic E-state index is 0.135. The SMILES string of the molecule is CCOC(=O)C1(C(C)C)CCN(c2ccc(C#N)nn2)C1. The summed E-state index contributed by atoms with van der Waals surface area (Å²) in [5, 5.41) is 16.7. The number of nitrogens with zero attached hydrogens (tertiary/aromatic N) is 4. The Morgan fingerprint density at radius 1 is 1.52 bits per heavy atom. The zero-order valence-corrected chi connectivity index (χ0v) is 12.7. The number of hydrogen-bond donors (Lipinski definition) is 0. The van der Waals surface area contributed by atoms with E-state index in [0.29, 0.717) is 24.7 Å². The topological polar surface area (TPSA) is 79.1 Å². The third-order valence-electron chi connectivity index (χ3n) is 4.18. The van der Waals surface area contributed by atoms with Crippen molar-refractivity contribution in [3.05, 3.63) is 17.8 Å². The lowest BCUT2D eigenvalue weighted by Crippen LogP contribution is -2.40. The van der Waals surface area contributed by atoms with Crippen LogP contribution in [0.25, 0.3) is 0 Å². The van der Waals surface area contributed by atoms with Crippen molar-refractivity contribution in [2.45, 2.75) is 27.2 Å². The number of aromatic nitrogens is 2. The van der Waals surface area contributed by atoms with Gasteiger partial charge in [0.25, 0.3) is 0 Å². The van der Waals surface area contributed by atoms with Crippen molar-refractivity contribution in [2.24, 2.45) is 11.3 Å². The summed E-state index contributed by atoms with van der Waals surface area (Å²) in [6, 6.07) is 5.36. The van der Waals surface area contributed by atoms with E-state index in [-0.39, 0.29) is 11.9 Å². The van der Waals surface area contributed by atoms with E-state index >= 15 is 0 Å². The van der Waals surface area contributed by atoms with Gasteiger partial charge in [-0.15, -0.1) is 10.2 Å². The minimum atomic E-state index is -0.494. The summed E-state index contributed by atoms with van der Waals surface area (Å²) in [6.07, 6.45) is 0.741. The molecule has 1 aliphatic heterocycles. The van der Waals surface area contributed by atoms with Gasteiger partial charge in [0, 0.05) is 13.1 Å². The van der Waals surface area contributed by atoms with E-state index in [1.807, 2.05) is 31.7 Å². The van der Waals surface area contributed by atoms with Gasteiger partial charge in [0.15, 0.2) is 11.5 Å². The Bertz CT molecular complexity index is 550. The van der Waals surface area contributed by atoms with Crippen LogP contribution in [0, 0.1) is 22.7 Å². The highest BCUT2D eigenvalue weighted by Crippen LogP contribution is 2.40. The molecule has 1 aromatic rings. The van der Waals surface area contributed by atoms with Gasteiger partial charge in [0.2, 0.25) is 0 Å². The maximum Gasteiger partial charge on any atom is 0.314 e. The van der Waals surface area contributed by atoms with E-state index in [9.17, 15) is 4.79 Å². The van der Waals surface area contributed by atoms with Crippen LogP contribution in [0.4, 0.5) is 5.82 Å². The lowest BCUT2D eigenvalue weighted by molar-refractivity contribution is -0.156. The van der Waals surface area contributed by atoms with E-state index in [2.05, 4.69) is 10.2 Å². The first-order chi connectivity index (χ1) is 10.0. The predicted octanol–water partition coefficient (Wildman–Crippen LogP) is 1.76. The second-order valence-corrected chi connectivity index (χ2v) is 5.59. The third kappa shape index (κ3) is 2.82. The maximum atomic E-state index is 12.4. The number of hydrogen-bond acceptors (Lipinski definition) is 6. The number of anilines is 1. The van der Waals surface area contributed by atoms with Gasteiger partial charge in [0.1, 0.15) is 6.07 Å². The van der Waals surface area contributed by atoms with E-state index in [1.54, 1.807) is 12.1 Å². The molecule has 112 valence electrons. The molecule has 1 saturated heterocycles. The molecule has 1 aliphatic rings. The van der Waals surface area contributed by atoms with Crippen molar-refractivity contribution in [1.29, 1.82) is 5.26 Å². The molecule has 1 atom stereocenters. The molecule has 6 heteroatoms. The molecule has 1 fully saturated rings. The van der Waals surface area contributed by atoms with Gasteiger partial charge in [-0.1, -0.05) is 13.8 Å². The molecule has 1 aromatic heterocycles. The normalized spacial score (nSPS) is 21.4. The number of esters is 1. The summed E-state index contributed by atoms with van der Waals surface area (Å²) < 4.78 is 5.27. The van der Waals surface area contributed by atoms with Crippen molar-refractivity contribution in [1.82, 2.24) is 10.2 Å². The fourth-order valence-corrected chi connectivity index (χ4v) is 2.73. The van der Waals surface area contributed by atoms with E-state index in [0.717, 1.165) is 13.0 Å². The van der Waals surface area contributed by atoms with Crippen molar-refractivity contribution in [2.75, 3.05) is 24.6 Å². The van der Waals surface area contributed by atoms with Gasteiger partial charge in [-0.3, -0.25) is 4.79 Å². The number of ether oxygens (including phenoxy) is 1. The van der Waals surface area contributed by atoms with Gasteiger partial charge < -0.3 is 9.64 Å². The Morgan fingerprint density at radius 3 is 2.81 bits per heavy atom. The van der Waals surface area contributed by atoms with Crippen LogP contribution in [0.1, 0.15) is 32.9 Å². The second kappa shape index (κ2) is 6.08. The van der Waals surface area contributed by atoms with Crippen LogP contribution in [-0.2, 0) is 9.53 Å². The molecule has 1 unspecified atom stereocenters. The molecule has 0 radical (unpaired) electrons. The van der Waals surface area contributed by atoms with Crippen LogP contribution < -0.4 is 4.90 Å². The molecular weight excluding hydrogens is 268 g/mol. The molecule has 21 heavy (non-hydrogen) atoms. The summed E-state index contributed by atoms with van der Waals surface area (Å²) in [5.74, 6) is 0.748. The lowest BCUT2D eigenvalue weighted by atomic mass is 9.76. The summed E-state index contributed by atoms with van der Waals surface area (Å²) in [6.45, 7) is 7.62.